The van der Waals surface area contributed by atoms with Gasteiger partial charge in [-0.05, 0) is 30.7 Å². The fourth-order valence-electron chi connectivity index (χ4n) is 3.56. The lowest BCUT2D eigenvalue weighted by atomic mass is 10.0. The predicted octanol–water partition coefficient (Wildman–Crippen LogP) is 2.96. The maximum Gasteiger partial charge on any atom is 0.191 e. The molecule has 1 atom stereocenters. The summed E-state index contributed by atoms with van der Waals surface area (Å²) in [6.45, 7) is 7.08. The summed E-state index contributed by atoms with van der Waals surface area (Å²) in [6, 6.07) is 14.7. The van der Waals surface area contributed by atoms with Gasteiger partial charge >= 0.3 is 0 Å². The van der Waals surface area contributed by atoms with Crippen molar-refractivity contribution in [3.8, 4) is 5.75 Å². The van der Waals surface area contributed by atoms with Gasteiger partial charge in [0.1, 0.15) is 11.6 Å². The van der Waals surface area contributed by atoms with Crippen LogP contribution in [0.2, 0.25) is 0 Å². The maximum absolute atomic E-state index is 13.4. The molecule has 1 aliphatic heterocycles. The van der Waals surface area contributed by atoms with Crippen LogP contribution in [0, 0.1) is 5.82 Å². The molecule has 0 radical (unpaired) electrons. The number of benzene rings is 2. The number of rotatable bonds is 8. The number of methoxy groups -OCH3 is 1. The number of para-hydroxylation sites is 1. The first-order chi connectivity index (χ1) is 14.7. The topological polar surface area (TPSA) is 58.1 Å². The van der Waals surface area contributed by atoms with Crippen molar-refractivity contribution in [3.05, 3.63) is 65.5 Å². The minimum atomic E-state index is -0.223. The lowest BCUT2D eigenvalue weighted by Crippen LogP contribution is -2.46. The second-order valence-electron chi connectivity index (χ2n) is 7.10. The summed E-state index contributed by atoms with van der Waals surface area (Å²) in [7, 11) is 1.67. The van der Waals surface area contributed by atoms with E-state index in [4.69, 9.17) is 14.5 Å². The van der Waals surface area contributed by atoms with Crippen molar-refractivity contribution in [2.24, 2.45) is 4.99 Å². The Morgan fingerprint density at radius 2 is 1.87 bits per heavy atom. The summed E-state index contributed by atoms with van der Waals surface area (Å²) in [5, 5.41) is 6.76. The highest BCUT2D eigenvalue weighted by Crippen LogP contribution is 2.22. The summed E-state index contributed by atoms with van der Waals surface area (Å²) in [6.07, 6.45) is 0. The van der Waals surface area contributed by atoms with Crippen LogP contribution in [-0.2, 0) is 11.3 Å². The lowest BCUT2D eigenvalue weighted by Gasteiger charge is -2.35. The smallest absolute Gasteiger partial charge is 0.191 e. The molecular formula is C23H31FN4O2. The van der Waals surface area contributed by atoms with Gasteiger partial charge in [0.25, 0.3) is 0 Å². The highest BCUT2D eigenvalue weighted by Gasteiger charge is 2.23. The van der Waals surface area contributed by atoms with E-state index in [0.717, 1.165) is 42.5 Å². The fraction of sp³-hybridized carbons (Fsp3) is 0.435. The van der Waals surface area contributed by atoms with E-state index >= 15 is 0 Å². The van der Waals surface area contributed by atoms with Crippen LogP contribution in [-0.4, -0.2) is 57.4 Å². The average Bonchev–Trinajstić information content (AvgIpc) is 2.79. The quantitative estimate of drug-likeness (QED) is 0.514. The Hall–Kier alpha value is -2.64. The minimum absolute atomic E-state index is 0.101. The van der Waals surface area contributed by atoms with E-state index in [1.165, 1.54) is 12.1 Å². The van der Waals surface area contributed by atoms with Gasteiger partial charge < -0.3 is 20.1 Å². The van der Waals surface area contributed by atoms with Crippen LogP contribution in [0.25, 0.3) is 0 Å². The van der Waals surface area contributed by atoms with E-state index in [1.54, 1.807) is 7.11 Å². The Bertz CT molecular complexity index is 807. The molecule has 1 heterocycles. The first-order valence-electron chi connectivity index (χ1n) is 10.4. The molecule has 0 spiro atoms. The molecule has 0 saturated carbocycles. The molecule has 2 aromatic carbocycles. The van der Waals surface area contributed by atoms with Gasteiger partial charge in [-0.1, -0.05) is 30.3 Å². The van der Waals surface area contributed by atoms with Crippen molar-refractivity contribution in [1.82, 2.24) is 15.5 Å². The molecule has 6 nitrogen and oxygen atoms in total. The molecule has 1 fully saturated rings. The van der Waals surface area contributed by atoms with Gasteiger partial charge in [0.2, 0.25) is 0 Å². The number of halogens is 1. The third-order valence-electron chi connectivity index (χ3n) is 5.15. The SMILES string of the molecule is CCNC(=NCc1ccccc1OC)NCC(c1ccc(F)cc1)N1CCOCC1. The van der Waals surface area contributed by atoms with Gasteiger partial charge in [0, 0.05) is 31.7 Å². The summed E-state index contributed by atoms with van der Waals surface area (Å²) < 4.78 is 24.4. The molecule has 162 valence electrons. The van der Waals surface area contributed by atoms with Crippen molar-refractivity contribution in [2.75, 3.05) is 46.5 Å². The highest BCUT2D eigenvalue weighted by atomic mass is 19.1. The molecule has 1 unspecified atom stereocenters. The first kappa shape index (κ1) is 22.1. The molecule has 0 aromatic heterocycles. The van der Waals surface area contributed by atoms with Crippen molar-refractivity contribution < 1.29 is 13.9 Å². The number of aliphatic imine (C=N–C) groups is 1. The molecule has 7 heteroatoms. The molecule has 0 bridgehead atoms. The molecule has 1 aliphatic rings. The van der Waals surface area contributed by atoms with Crippen LogP contribution < -0.4 is 15.4 Å². The normalized spacial score (nSPS) is 16.2. The van der Waals surface area contributed by atoms with E-state index in [0.29, 0.717) is 26.3 Å². The van der Waals surface area contributed by atoms with Crippen molar-refractivity contribution in [2.45, 2.75) is 19.5 Å². The van der Waals surface area contributed by atoms with Crippen LogP contribution >= 0.6 is 0 Å². The fourth-order valence-corrected chi connectivity index (χ4v) is 3.56. The first-order valence-corrected chi connectivity index (χ1v) is 10.4. The van der Waals surface area contributed by atoms with Gasteiger partial charge in [-0.2, -0.15) is 0 Å². The molecule has 3 rings (SSSR count). The molecule has 1 saturated heterocycles. The third-order valence-corrected chi connectivity index (χ3v) is 5.15. The van der Waals surface area contributed by atoms with E-state index < -0.39 is 0 Å². The third kappa shape index (κ3) is 6.18. The van der Waals surface area contributed by atoms with Gasteiger partial charge in [-0.3, -0.25) is 4.90 Å². The zero-order chi connectivity index (χ0) is 21.2. The number of ether oxygens (including phenoxy) is 2. The van der Waals surface area contributed by atoms with Crippen molar-refractivity contribution in [3.63, 3.8) is 0 Å². The largest absolute Gasteiger partial charge is 0.496 e. The van der Waals surface area contributed by atoms with E-state index in [2.05, 4.69) is 15.5 Å². The molecule has 2 aromatic rings. The number of nitrogens with one attached hydrogen (secondary N) is 2. The molecule has 0 aliphatic carbocycles. The number of guanidine groups is 1. The summed E-state index contributed by atoms with van der Waals surface area (Å²) in [5.41, 5.74) is 2.10. The number of morpholine rings is 1. The van der Waals surface area contributed by atoms with Crippen molar-refractivity contribution in [1.29, 1.82) is 0 Å². The second kappa shape index (κ2) is 11.5. The molecule has 30 heavy (non-hydrogen) atoms. The molecule has 2 N–H and O–H groups in total. The summed E-state index contributed by atoms with van der Waals surface area (Å²) in [5.74, 6) is 1.34. The average molecular weight is 415 g/mol. The number of nitrogens with zero attached hydrogens (tertiary/aromatic N) is 2. The van der Waals surface area contributed by atoms with E-state index in [-0.39, 0.29) is 11.9 Å². The lowest BCUT2D eigenvalue weighted by molar-refractivity contribution is 0.0170. The van der Waals surface area contributed by atoms with E-state index in [9.17, 15) is 4.39 Å². The Labute approximate surface area is 178 Å². The van der Waals surface area contributed by atoms with Crippen LogP contribution in [0.15, 0.2) is 53.5 Å². The number of hydrogen-bond donors (Lipinski definition) is 2. The summed E-state index contributed by atoms with van der Waals surface area (Å²) >= 11 is 0. The zero-order valence-electron chi connectivity index (χ0n) is 17.7. The van der Waals surface area contributed by atoms with Crippen LogP contribution in [0.5, 0.6) is 5.75 Å². The van der Waals surface area contributed by atoms with Gasteiger partial charge in [0.15, 0.2) is 5.96 Å². The van der Waals surface area contributed by atoms with Crippen molar-refractivity contribution >= 4 is 5.96 Å². The predicted molar refractivity (Wildman–Crippen MR) is 117 cm³/mol. The maximum atomic E-state index is 13.4. The minimum Gasteiger partial charge on any atom is -0.496 e. The van der Waals surface area contributed by atoms with Gasteiger partial charge in [-0.15, -0.1) is 0 Å². The van der Waals surface area contributed by atoms with E-state index in [1.807, 2.05) is 43.3 Å². The van der Waals surface area contributed by atoms with Crippen LogP contribution in [0.3, 0.4) is 0 Å². The van der Waals surface area contributed by atoms with Crippen LogP contribution in [0.4, 0.5) is 4.39 Å². The number of hydrogen-bond acceptors (Lipinski definition) is 4. The molecule has 0 amide bonds. The Kier molecular flexibility index (Phi) is 8.47. The zero-order valence-corrected chi connectivity index (χ0v) is 17.7. The Morgan fingerprint density at radius 1 is 1.13 bits per heavy atom. The Morgan fingerprint density at radius 3 is 2.57 bits per heavy atom. The summed E-state index contributed by atoms with van der Waals surface area (Å²) in [4.78, 5) is 7.10. The van der Waals surface area contributed by atoms with Gasteiger partial charge in [0.05, 0.1) is 32.9 Å². The standard InChI is InChI=1S/C23H31FN4O2/c1-3-25-23(26-16-19-6-4-5-7-22(19)29-2)27-17-21(28-12-14-30-15-13-28)18-8-10-20(24)11-9-18/h4-11,21H,3,12-17H2,1-2H3,(H2,25,26,27). The monoisotopic (exact) mass is 414 g/mol. The van der Waals surface area contributed by atoms with Crippen LogP contribution in [0.1, 0.15) is 24.1 Å². The molecular weight excluding hydrogens is 383 g/mol. The second-order valence-corrected chi connectivity index (χ2v) is 7.10. The Balaban J connectivity index is 1.72. The highest BCUT2D eigenvalue weighted by molar-refractivity contribution is 5.79. The van der Waals surface area contributed by atoms with Gasteiger partial charge in [-0.25, -0.2) is 9.38 Å².